The molecule has 21 heavy (non-hydrogen) atoms. The molecule has 0 aliphatic carbocycles. The highest BCUT2D eigenvalue weighted by atomic mass is 16.5. The van der Waals surface area contributed by atoms with Gasteiger partial charge >= 0.3 is 0 Å². The van der Waals surface area contributed by atoms with E-state index >= 15 is 0 Å². The van der Waals surface area contributed by atoms with Crippen molar-refractivity contribution in [2.75, 3.05) is 38.7 Å². The van der Waals surface area contributed by atoms with Crippen molar-refractivity contribution in [3.8, 4) is 0 Å². The lowest BCUT2D eigenvalue weighted by atomic mass is 9.99. The van der Waals surface area contributed by atoms with Crippen molar-refractivity contribution in [2.24, 2.45) is 5.92 Å². The number of carbonyl (C=O) groups excluding carboxylic acids is 1. The largest absolute Gasteiger partial charge is 0.385 e. The van der Waals surface area contributed by atoms with E-state index in [0.29, 0.717) is 5.92 Å². The van der Waals surface area contributed by atoms with Crippen LogP contribution in [-0.2, 0) is 11.2 Å². The fraction of sp³-hybridized carbons (Fsp3) is 0.588. The molecule has 2 heterocycles. The van der Waals surface area contributed by atoms with E-state index in [1.54, 1.807) is 0 Å². The van der Waals surface area contributed by atoms with E-state index in [4.69, 9.17) is 4.74 Å². The van der Waals surface area contributed by atoms with Crippen LogP contribution in [0.15, 0.2) is 18.2 Å². The molecule has 4 nitrogen and oxygen atoms in total. The maximum Gasteiger partial charge on any atom is 0.253 e. The van der Waals surface area contributed by atoms with Gasteiger partial charge in [0.15, 0.2) is 0 Å². The number of hydrogen-bond donors (Lipinski definition) is 1. The molecule has 1 unspecified atom stereocenters. The second-order valence-corrected chi connectivity index (χ2v) is 6.17. The minimum atomic E-state index is 0.119. The van der Waals surface area contributed by atoms with E-state index in [0.717, 1.165) is 57.6 Å². The van der Waals surface area contributed by atoms with Gasteiger partial charge < -0.3 is 15.0 Å². The predicted octanol–water partition coefficient (Wildman–Crippen LogP) is 2.54. The van der Waals surface area contributed by atoms with Gasteiger partial charge in [-0.3, -0.25) is 4.79 Å². The van der Waals surface area contributed by atoms with Gasteiger partial charge in [0.1, 0.15) is 0 Å². The van der Waals surface area contributed by atoms with Gasteiger partial charge in [-0.25, -0.2) is 0 Å². The topological polar surface area (TPSA) is 41.6 Å². The molecule has 1 fully saturated rings. The number of amides is 1. The van der Waals surface area contributed by atoms with Crippen molar-refractivity contribution in [2.45, 2.75) is 25.7 Å². The summed E-state index contributed by atoms with van der Waals surface area (Å²) >= 11 is 0. The van der Waals surface area contributed by atoms with Crippen LogP contribution in [0.4, 0.5) is 5.69 Å². The van der Waals surface area contributed by atoms with Gasteiger partial charge in [0.05, 0.1) is 6.61 Å². The highest BCUT2D eigenvalue weighted by molar-refractivity contribution is 5.94. The van der Waals surface area contributed by atoms with Crippen LogP contribution >= 0.6 is 0 Å². The molecule has 114 valence electrons. The Morgan fingerprint density at radius 2 is 2.33 bits per heavy atom. The Morgan fingerprint density at radius 3 is 3.14 bits per heavy atom. The molecule has 2 aliphatic heterocycles. The molecule has 1 amide bonds. The van der Waals surface area contributed by atoms with E-state index in [1.165, 1.54) is 11.3 Å². The van der Waals surface area contributed by atoms with Gasteiger partial charge in [0, 0.05) is 38.0 Å². The van der Waals surface area contributed by atoms with Crippen molar-refractivity contribution in [3.05, 3.63) is 29.3 Å². The summed E-state index contributed by atoms with van der Waals surface area (Å²) in [5.41, 5.74) is 3.25. The van der Waals surface area contributed by atoms with E-state index < -0.39 is 0 Å². The molecular weight excluding hydrogens is 264 g/mol. The quantitative estimate of drug-likeness (QED) is 0.929. The first-order valence-corrected chi connectivity index (χ1v) is 7.94. The Hall–Kier alpha value is -1.55. The molecular formula is C17H24N2O2. The number of nitrogens with one attached hydrogen (secondary N) is 1. The summed E-state index contributed by atoms with van der Waals surface area (Å²) in [4.78, 5) is 14.4. The van der Waals surface area contributed by atoms with Crippen LogP contribution in [0.5, 0.6) is 0 Å². The van der Waals surface area contributed by atoms with E-state index in [-0.39, 0.29) is 5.91 Å². The maximum atomic E-state index is 12.6. The first kappa shape index (κ1) is 14.4. The average Bonchev–Trinajstić information content (AvgIpc) is 2.54. The number of hydrogen-bond acceptors (Lipinski definition) is 3. The number of benzene rings is 1. The number of ether oxygens (including phenoxy) is 1. The van der Waals surface area contributed by atoms with Gasteiger partial charge in [0.2, 0.25) is 0 Å². The van der Waals surface area contributed by atoms with Crippen LogP contribution in [0.3, 0.4) is 0 Å². The molecule has 4 heteroatoms. The summed E-state index contributed by atoms with van der Waals surface area (Å²) in [5.74, 6) is 0.598. The Balaban J connectivity index is 1.66. The fourth-order valence-corrected chi connectivity index (χ4v) is 3.25. The third-order valence-corrected chi connectivity index (χ3v) is 4.42. The molecule has 3 rings (SSSR count). The minimum Gasteiger partial charge on any atom is -0.385 e. The van der Waals surface area contributed by atoms with Crippen LogP contribution in [0.2, 0.25) is 0 Å². The lowest BCUT2D eigenvalue weighted by Crippen LogP contribution is -2.35. The van der Waals surface area contributed by atoms with Gasteiger partial charge in [-0.1, -0.05) is 0 Å². The van der Waals surface area contributed by atoms with Crippen LogP contribution in [0.1, 0.15) is 35.2 Å². The van der Waals surface area contributed by atoms with Crippen LogP contribution in [0.25, 0.3) is 0 Å². The minimum absolute atomic E-state index is 0.119. The Bertz CT molecular complexity index is 510. The maximum absolute atomic E-state index is 12.6. The monoisotopic (exact) mass is 288 g/mol. The van der Waals surface area contributed by atoms with Crippen molar-refractivity contribution < 1.29 is 9.53 Å². The Kier molecular flexibility index (Phi) is 4.44. The highest BCUT2D eigenvalue weighted by Crippen LogP contribution is 2.24. The van der Waals surface area contributed by atoms with E-state index in [9.17, 15) is 4.79 Å². The van der Waals surface area contributed by atoms with E-state index in [1.807, 2.05) is 24.1 Å². The summed E-state index contributed by atoms with van der Waals surface area (Å²) in [6, 6.07) is 6.03. The van der Waals surface area contributed by atoms with Crippen molar-refractivity contribution in [3.63, 3.8) is 0 Å². The molecule has 1 saturated heterocycles. The molecule has 2 aliphatic rings. The predicted molar refractivity (Wildman–Crippen MR) is 83.8 cm³/mol. The highest BCUT2D eigenvalue weighted by Gasteiger charge is 2.20. The van der Waals surface area contributed by atoms with Crippen molar-refractivity contribution in [1.29, 1.82) is 0 Å². The molecule has 0 spiro atoms. The lowest BCUT2D eigenvalue weighted by molar-refractivity contribution is 0.0388. The molecule has 1 aromatic carbocycles. The molecule has 0 saturated carbocycles. The normalized spacial score (nSPS) is 21.3. The zero-order chi connectivity index (χ0) is 14.7. The summed E-state index contributed by atoms with van der Waals surface area (Å²) in [6.45, 7) is 3.47. The number of carbonyl (C=O) groups is 1. The van der Waals surface area contributed by atoms with Crippen LogP contribution in [-0.4, -0.2) is 44.2 Å². The molecule has 1 aromatic rings. The number of rotatable bonds is 3. The smallest absolute Gasteiger partial charge is 0.253 e. The summed E-state index contributed by atoms with van der Waals surface area (Å²) < 4.78 is 5.50. The van der Waals surface area contributed by atoms with Gasteiger partial charge in [-0.05, 0) is 55.4 Å². The van der Waals surface area contributed by atoms with Gasteiger partial charge in [-0.2, -0.15) is 0 Å². The van der Waals surface area contributed by atoms with Crippen LogP contribution < -0.4 is 5.32 Å². The fourth-order valence-electron chi connectivity index (χ4n) is 3.25. The molecule has 0 aromatic heterocycles. The Labute approximate surface area is 126 Å². The average molecular weight is 288 g/mol. The number of nitrogens with zero attached hydrogens (tertiary/aromatic N) is 1. The third kappa shape index (κ3) is 3.38. The number of anilines is 1. The second kappa shape index (κ2) is 6.48. The summed E-state index contributed by atoms with van der Waals surface area (Å²) in [6.07, 6.45) is 4.46. The SMILES string of the molecule is CN(CC1CCCOC1)C(=O)c1ccc2c(c1)CCCN2. The summed E-state index contributed by atoms with van der Waals surface area (Å²) in [7, 11) is 1.90. The molecule has 1 atom stereocenters. The van der Waals surface area contributed by atoms with E-state index in [2.05, 4.69) is 11.4 Å². The second-order valence-electron chi connectivity index (χ2n) is 6.17. The third-order valence-electron chi connectivity index (χ3n) is 4.42. The van der Waals surface area contributed by atoms with Crippen molar-refractivity contribution >= 4 is 11.6 Å². The number of aryl methyl sites for hydroxylation is 1. The van der Waals surface area contributed by atoms with Gasteiger partial charge in [0.25, 0.3) is 5.91 Å². The molecule has 0 radical (unpaired) electrons. The standard InChI is InChI=1S/C17H24N2O2/c1-19(11-13-4-3-9-21-12-13)17(20)15-6-7-16-14(10-15)5-2-8-18-16/h6-7,10,13,18H,2-5,8-9,11-12H2,1H3. The first-order chi connectivity index (χ1) is 10.2. The number of fused-ring (bicyclic) bond motifs is 1. The van der Waals surface area contributed by atoms with Gasteiger partial charge in [-0.15, -0.1) is 0 Å². The Morgan fingerprint density at radius 1 is 1.43 bits per heavy atom. The lowest BCUT2D eigenvalue weighted by Gasteiger charge is -2.27. The zero-order valence-corrected chi connectivity index (χ0v) is 12.7. The first-order valence-electron chi connectivity index (χ1n) is 7.94. The molecule has 1 N–H and O–H groups in total. The summed E-state index contributed by atoms with van der Waals surface area (Å²) in [5, 5.41) is 3.38. The van der Waals surface area contributed by atoms with Crippen LogP contribution in [0, 0.1) is 5.92 Å². The van der Waals surface area contributed by atoms with Crippen molar-refractivity contribution in [1.82, 2.24) is 4.90 Å². The molecule has 0 bridgehead atoms. The zero-order valence-electron chi connectivity index (χ0n) is 12.7.